The normalized spacial score (nSPS) is 13.4. The number of aryl methyl sites for hydroxylation is 1. The van der Waals surface area contributed by atoms with Crippen LogP contribution in [-0.4, -0.2) is 38.1 Å². The van der Waals surface area contributed by atoms with E-state index in [0.29, 0.717) is 16.9 Å². The second-order valence-electron chi connectivity index (χ2n) is 9.74. The van der Waals surface area contributed by atoms with Gasteiger partial charge in [0.1, 0.15) is 12.4 Å². The Hall–Kier alpha value is -4.95. The van der Waals surface area contributed by atoms with Crippen LogP contribution in [0.3, 0.4) is 0 Å². The predicted molar refractivity (Wildman–Crippen MR) is 160 cm³/mol. The summed E-state index contributed by atoms with van der Waals surface area (Å²) >= 11 is 0. The topological polar surface area (TPSA) is 90.0 Å². The highest BCUT2D eigenvalue weighted by Crippen LogP contribution is 2.36. The lowest BCUT2D eigenvalue weighted by molar-refractivity contribution is -0.139. The zero-order chi connectivity index (χ0) is 29.7. The third kappa shape index (κ3) is 6.04. The first-order valence-electron chi connectivity index (χ1n) is 13.3. The second-order valence-corrected chi connectivity index (χ2v) is 11.6. The van der Waals surface area contributed by atoms with Crippen molar-refractivity contribution in [3.05, 3.63) is 149 Å². The Balaban J connectivity index is 1.69. The number of methoxy groups -OCH3 is 1. The van der Waals surface area contributed by atoms with E-state index in [1.807, 2.05) is 37.3 Å². The van der Waals surface area contributed by atoms with E-state index >= 15 is 0 Å². The maximum atomic E-state index is 14.2. The highest BCUT2D eigenvalue weighted by molar-refractivity contribution is 7.89. The summed E-state index contributed by atoms with van der Waals surface area (Å²) < 4.78 is 40.6. The largest absolute Gasteiger partial charge is 0.497 e. The van der Waals surface area contributed by atoms with E-state index < -0.39 is 16.0 Å². The van der Waals surface area contributed by atoms with Crippen molar-refractivity contribution in [3.8, 4) is 5.75 Å². The number of ketones is 1. The summed E-state index contributed by atoms with van der Waals surface area (Å²) in [4.78, 5) is 27.4. The fourth-order valence-corrected chi connectivity index (χ4v) is 6.10. The molecule has 0 N–H and O–H groups in total. The van der Waals surface area contributed by atoms with Crippen LogP contribution in [0.25, 0.3) is 5.70 Å². The molecular formula is C34H29NO6S. The number of ether oxygens (including phenoxy) is 2. The molecule has 0 unspecified atom stereocenters. The van der Waals surface area contributed by atoms with Gasteiger partial charge in [-0.2, -0.15) is 0 Å². The molecule has 0 bridgehead atoms. The minimum absolute atomic E-state index is 0.0282. The molecule has 0 amide bonds. The van der Waals surface area contributed by atoms with Crippen molar-refractivity contribution in [3.63, 3.8) is 0 Å². The van der Waals surface area contributed by atoms with E-state index in [-0.39, 0.29) is 40.7 Å². The van der Waals surface area contributed by atoms with Gasteiger partial charge in [-0.3, -0.25) is 9.10 Å². The van der Waals surface area contributed by atoms with E-state index in [1.165, 1.54) is 25.3 Å². The van der Waals surface area contributed by atoms with Crippen LogP contribution < -0.4 is 4.74 Å². The van der Waals surface area contributed by atoms with E-state index in [1.54, 1.807) is 66.7 Å². The third-order valence-electron chi connectivity index (χ3n) is 6.87. The minimum Gasteiger partial charge on any atom is -0.497 e. The molecule has 1 heterocycles. The number of benzene rings is 4. The van der Waals surface area contributed by atoms with Crippen molar-refractivity contribution < 1.29 is 27.5 Å². The number of nitrogens with zero attached hydrogens (tertiary/aromatic N) is 1. The molecule has 42 heavy (non-hydrogen) atoms. The lowest BCUT2D eigenvalue weighted by Crippen LogP contribution is -2.37. The molecule has 4 aromatic rings. The highest BCUT2D eigenvalue weighted by Gasteiger charge is 2.37. The number of hydrogen-bond donors (Lipinski definition) is 0. The molecule has 0 spiro atoms. The SMILES string of the molecule is COc1ccc(C2=C(C(=O)OCc3ccccc3)C=C(C(=O)c3ccccc3)CN2S(=O)(=O)c2ccc(C)cc2)cc1. The first kappa shape index (κ1) is 28.6. The van der Waals surface area contributed by atoms with Crippen LogP contribution in [0.15, 0.2) is 131 Å². The van der Waals surface area contributed by atoms with Gasteiger partial charge < -0.3 is 9.47 Å². The van der Waals surface area contributed by atoms with Crippen LogP contribution in [0.1, 0.15) is 27.0 Å². The molecule has 4 aromatic carbocycles. The van der Waals surface area contributed by atoms with Crippen LogP contribution in [-0.2, 0) is 26.2 Å². The van der Waals surface area contributed by atoms with Gasteiger partial charge >= 0.3 is 5.97 Å². The molecule has 212 valence electrons. The van der Waals surface area contributed by atoms with Gasteiger partial charge in [-0.05, 0) is 60.5 Å². The number of carbonyl (C=O) groups is 2. The molecule has 1 aliphatic rings. The Morgan fingerprint density at radius 1 is 0.810 bits per heavy atom. The lowest BCUT2D eigenvalue weighted by Gasteiger charge is -2.32. The minimum atomic E-state index is -4.23. The average Bonchev–Trinajstić information content (AvgIpc) is 3.03. The van der Waals surface area contributed by atoms with Crippen molar-refractivity contribution in [2.45, 2.75) is 18.4 Å². The summed E-state index contributed by atoms with van der Waals surface area (Å²) in [5.74, 6) is -0.583. The molecule has 0 atom stereocenters. The maximum absolute atomic E-state index is 14.2. The number of Topliss-reactive ketones (excluding diaryl/α,β-unsaturated/α-hetero) is 1. The van der Waals surface area contributed by atoms with E-state index in [9.17, 15) is 18.0 Å². The Bertz CT molecular complexity index is 1760. The summed E-state index contributed by atoms with van der Waals surface area (Å²) in [6, 6.07) is 30.8. The average molecular weight is 580 g/mol. The van der Waals surface area contributed by atoms with Crippen LogP contribution in [0.2, 0.25) is 0 Å². The Kier molecular flexibility index (Phi) is 8.36. The first-order chi connectivity index (χ1) is 20.3. The molecule has 5 rings (SSSR count). The van der Waals surface area contributed by atoms with Gasteiger partial charge in [0.05, 0.1) is 29.8 Å². The second kappa shape index (κ2) is 12.3. The number of rotatable bonds is 9. The molecule has 0 saturated carbocycles. The smallest absolute Gasteiger partial charge is 0.340 e. The van der Waals surface area contributed by atoms with Gasteiger partial charge in [-0.1, -0.05) is 78.4 Å². The zero-order valence-corrected chi connectivity index (χ0v) is 24.0. The number of carbonyl (C=O) groups excluding carboxylic acids is 2. The molecule has 0 radical (unpaired) electrons. The monoisotopic (exact) mass is 579 g/mol. The molecule has 7 nitrogen and oxygen atoms in total. The summed E-state index contributed by atoms with van der Waals surface area (Å²) in [6.45, 7) is 1.56. The predicted octanol–water partition coefficient (Wildman–Crippen LogP) is 5.97. The first-order valence-corrected chi connectivity index (χ1v) is 14.7. The van der Waals surface area contributed by atoms with Crippen LogP contribution in [0, 0.1) is 6.92 Å². The summed E-state index contributed by atoms with van der Waals surface area (Å²) in [5, 5.41) is 0. The summed E-state index contributed by atoms with van der Waals surface area (Å²) in [5.41, 5.74) is 2.69. The Morgan fingerprint density at radius 2 is 1.43 bits per heavy atom. The molecule has 1 aliphatic heterocycles. The fraction of sp³-hybridized carbons (Fsp3) is 0.118. The molecule has 8 heteroatoms. The summed E-state index contributed by atoms with van der Waals surface area (Å²) in [7, 11) is -2.70. The third-order valence-corrected chi connectivity index (χ3v) is 8.63. The summed E-state index contributed by atoms with van der Waals surface area (Å²) in [6.07, 6.45) is 1.45. The lowest BCUT2D eigenvalue weighted by atomic mass is 9.95. The van der Waals surface area contributed by atoms with E-state index in [0.717, 1.165) is 15.4 Å². The molecular weight excluding hydrogens is 550 g/mol. The van der Waals surface area contributed by atoms with Crippen molar-refractivity contribution in [1.29, 1.82) is 0 Å². The molecule has 0 aliphatic carbocycles. The molecule has 0 saturated heterocycles. The van der Waals surface area contributed by atoms with Crippen molar-refractivity contribution in [2.24, 2.45) is 0 Å². The van der Waals surface area contributed by atoms with Gasteiger partial charge in [-0.15, -0.1) is 0 Å². The zero-order valence-electron chi connectivity index (χ0n) is 23.2. The molecule has 0 fully saturated rings. The van der Waals surface area contributed by atoms with Gasteiger partial charge in [0.25, 0.3) is 10.0 Å². The van der Waals surface area contributed by atoms with E-state index in [4.69, 9.17) is 9.47 Å². The van der Waals surface area contributed by atoms with E-state index in [2.05, 4.69) is 0 Å². The van der Waals surface area contributed by atoms with Crippen LogP contribution in [0.5, 0.6) is 5.75 Å². The maximum Gasteiger partial charge on any atom is 0.340 e. The van der Waals surface area contributed by atoms with Gasteiger partial charge in [0, 0.05) is 11.1 Å². The van der Waals surface area contributed by atoms with Gasteiger partial charge in [0.2, 0.25) is 0 Å². The number of esters is 1. The Morgan fingerprint density at radius 3 is 2.05 bits per heavy atom. The molecule has 0 aromatic heterocycles. The van der Waals surface area contributed by atoms with Crippen LogP contribution in [0.4, 0.5) is 0 Å². The Labute approximate surface area is 245 Å². The fourth-order valence-electron chi connectivity index (χ4n) is 4.62. The highest BCUT2D eigenvalue weighted by atomic mass is 32.2. The number of hydrogen-bond acceptors (Lipinski definition) is 6. The quantitative estimate of drug-likeness (QED) is 0.179. The van der Waals surface area contributed by atoms with Gasteiger partial charge in [0.15, 0.2) is 5.78 Å². The number of sulfonamides is 1. The van der Waals surface area contributed by atoms with Crippen molar-refractivity contribution in [2.75, 3.05) is 13.7 Å². The van der Waals surface area contributed by atoms with Crippen molar-refractivity contribution in [1.82, 2.24) is 4.31 Å². The standard InChI is InChI=1S/C34H29NO6S/c1-24-13-19-30(20-14-24)42(38,39)35-22-28(33(36)27-11-7-4-8-12-27)21-31(32(35)26-15-17-29(40-2)18-16-26)34(37)41-23-25-9-5-3-6-10-25/h3-21H,22-23H2,1-2H3. The van der Waals surface area contributed by atoms with Gasteiger partial charge in [-0.25, -0.2) is 13.2 Å². The van der Waals surface area contributed by atoms with Crippen LogP contribution >= 0.6 is 0 Å². The van der Waals surface area contributed by atoms with Crippen molar-refractivity contribution >= 4 is 27.5 Å².